The zero-order chi connectivity index (χ0) is 16.4. The summed E-state index contributed by atoms with van der Waals surface area (Å²) in [6.07, 6.45) is 4.70. The molecular weight excluding hydrogens is 310 g/mol. The molecule has 0 saturated carbocycles. The van der Waals surface area contributed by atoms with Gasteiger partial charge in [-0.1, -0.05) is 13.3 Å². The van der Waals surface area contributed by atoms with Crippen molar-refractivity contribution in [3.8, 4) is 11.5 Å². The fourth-order valence-corrected chi connectivity index (χ4v) is 4.74. The highest BCUT2D eigenvalue weighted by Gasteiger charge is 2.38. The highest BCUT2D eigenvalue weighted by Crippen LogP contribution is 2.45. The van der Waals surface area contributed by atoms with Crippen LogP contribution in [0.15, 0.2) is 12.1 Å². The first-order valence-electron chi connectivity index (χ1n) is 8.76. The van der Waals surface area contributed by atoms with E-state index in [4.69, 9.17) is 21.1 Å². The first kappa shape index (κ1) is 16.9. The maximum atomic E-state index is 6.07. The van der Waals surface area contributed by atoms with Crippen LogP contribution in [0.5, 0.6) is 11.5 Å². The molecule has 23 heavy (non-hydrogen) atoms. The lowest BCUT2D eigenvalue weighted by Gasteiger charge is -2.47. The Bertz CT molecular complexity index is 548. The van der Waals surface area contributed by atoms with Crippen molar-refractivity contribution in [2.45, 2.75) is 38.6 Å². The number of hydrogen-bond donors (Lipinski definition) is 0. The van der Waals surface area contributed by atoms with Crippen LogP contribution in [0.3, 0.4) is 0 Å². The Morgan fingerprint density at radius 3 is 2.57 bits per heavy atom. The second kappa shape index (κ2) is 7.31. The van der Waals surface area contributed by atoms with Gasteiger partial charge in [0.05, 0.1) is 14.2 Å². The van der Waals surface area contributed by atoms with E-state index in [1.54, 1.807) is 14.2 Å². The maximum Gasteiger partial charge on any atom is 0.161 e. The topological polar surface area (TPSA) is 21.7 Å². The fourth-order valence-electron chi connectivity index (χ4n) is 4.46. The maximum absolute atomic E-state index is 6.07. The molecule has 0 aromatic heterocycles. The van der Waals surface area contributed by atoms with Crippen molar-refractivity contribution in [2.24, 2.45) is 11.8 Å². The van der Waals surface area contributed by atoms with Crippen molar-refractivity contribution in [2.75, 3.05) is 33.2 Å². The molecule has 3 nitrogen and oxygen atoms in total. The van der Waals surface area contributed by atoms with Crippen LogP contribution < -0.4 is 9.47 Å². The molecule has 0 unspecified atom stereocenters. The lowest BCUT2D eigenvalue weighted by atomic mass is 9.75. The van der Waals surface area contributed by atoms with E-state index < -0.39 is 0 Å². The summed E-state index contributed by atoms with van der Waals surface area (Å²) in [6, 6.07) is 4.89. The zero-order valence-corrected chi connectivity index (χ0v) is 15.2. The fraction of sp³-hybridized carbons (Fsp3) is 0.684. The van der Waals surface area contributed by atoms with Gasteiger partial charge in [0, 0.05) is 25.0 Å². The van der Waals surface area contributed by atoms with Crippen molar-refractivity contribution in [1.29, 1.82) is 0 Å². The minimum absolute atomic E-state index is 0.509. The SMILES string of the molecule is CC[C@@H]1CN2CCc3cc(OC)c(OC)cc3[C@@H]2C[C@@H]1CCCl. The van der Waals surface area contributed by atoms with Gasteiger partial charge < -0.3 is 9.47 Å². The highest BCUT2D eigenvalue weighted by atomic mass is 35.5. The molecule has 2 aliphatic rings. The zero-order valence-electron chi connectivity index (χ0n) is 14.5. The Hall–Kier alpha value is -0.930. The van der Waals surface area contributed by atoms with E-state index in [1.807, 2.05) is 0 Å². The molecule has 2 aliphatic heterocycles. The molecule has 1 saturated heterocycles. The number of fused-ring (bicyclic) bond motifs is 3. The first-order chi connectivity index (χ1) is 11.2. The third-order valence-corrected chi connectivity index (χ3v) is 6.00. The van der Waals surface area contributed by atoms with Crippen LogP contribution >= 0.6 is 11.6 Å². The summed E-state index contributed by atoms with van der Waals surface area (Å²) in [5.74, 6) is 3.98. The monoisotopic (exact) mass is 337 g/mol. The number of methoxy groups -OCH3 is 2. The van der Waals surface area contributed by atoms with Gasteiger partial charge in [-0.05, 0) is 54.4 Å². The van der Waals surface area contributed by atoms with Crippen molar-refractivity contribution < 1.29 is 9.47 Å². The Labute approximate surface area is 144 Å². The minimum Gasteiger partial charge on any atom is -0.493 e. The third kappa shape index (κ3) is 3.18. The number of nitrogens with zero attached hydrogens (tertiary/aromatic N) is 1. The third-order valence-electron chi connectivity index (χ3n) is 5.78. The smallest absolute Gasteiger partial charge is 0.161 e. The molecule has 1 aromatic rings. The Kier molecular flexibility index (Phi) is 5.38. The normalized spacial score (nSPS) is 27.2. The average molecular weight is 338 g/mol. The van der Waals surface area contributed by atoms with Gasteiger partial charge in [0.1, 0.15) is 0 Å². The van der Waals surface area contributed by atoms with Gasteiger partial charge in [0.25, 0.3) is 0 Å². The number of piperidine rings is 1. The van der Waals surface area contributed by atoms with Gasteiger partial charge in [-0.2, -0.15) is 0 Å². The summed E-state index contributed by atoms with van der Waals surface area (Å²) in [6.45, 7) is 4.67. The van der Waals surface area contributed by atoms with E-state index in [0.29, 0.717) is 6.04 Å². The van der Waals surface area contributed by atoms with Crippen molar-refractivity contribution >= 4 is 11.6 Å². The summed E-state index contributed by atoms with van der Waals surface area (Å²) >= 11 is 6.07. The average Bonchev–Trinajstić information content (AvgIpc) is 2.60. The van der Waals surface area contributed by atoms with Gasteiger partial charge >= 0.3 is 0 Å². The van der Waals surface area contributed by atoms with Crippen molar-refractivity contribution in [3.05, 3.63) is 23.3 Å². The van der Waals surface area contributed by atoms with E-state index in [0.717, 1.165) is 48.6 Å². The lowest BCUT2D eigenvalue weighted by molar-refractivity contribution is 0.0506. The summed E-state index contributed by atoms with van der Waals surface area (Å²) in [7, 11) is 3.43. The number of rotatable bonds is 5. The van der Waals surface area contributed by atoms with Crippen molar-refractivity contribution in [1.82, 2.24) is 4.90 Å². The molecule has 1 aromatic carbocycles. The molecule has 2 heterocycles. The molecule has 0 N–H and O–H groups in total. The predicted molar refractivity (Wildman–Crippen MR) is 94.8 cm³/mol. The number of alkyl halides is 1. The molecule has 3 atom stereocenters. The summed E-state index contributed by atoms with van der Waals surface area (Å²) in [4.78, 5) is 2.67. The summed E-state index contributed by atoms with van der Waals surface area (Å²) in [5, 5.41) is 0. The second-order valence-electron chi connectivity index (χ2n) is 6.81. The number of ether oxygens (including phenoxy) is 2. The number of halogens is 1. The molecule has 4 heteroatoms. The van der Waals surface area contributed by atoms with Crippen LogP contribution in [0.1, 0.15) is 43.4 Å². The predicted octanol–water partition coefficient (Wildman–Crippen LogP) is 4.28. The van der Waals surface area contributed by atoms with Crippen LogP contribution in [0.4, 0.5) is 0 Å². The number of benzene rings is 1. The Balaban J connectivity index is 1.92. The Morgan fingerprint density at radius 2 is 1.91 bits per heavy atom. The first-order valence-corrected chi connectivity index (χ1v) is 9.30. The van der Waals surface area contributed by atoms with E-state index in [1.165, 1.54) is 30.5 Å². The van der Waals surface area contributed by atoms with Gasteiger partial charge in [0.15, 0.2) is 11.5 Å². The standard InChI is InChI=1S/C19H28ClNO2/c1-4-13-12-21-8-6-15-10-18(22-2)19(23-3)11-16(15)17(21)9-14(13)5-7-20/h10-11,13-14,17H,4-9,12H2,1-3H3/t13-,14+,17+/m1/s1. The van der Waals surface area contributed by atoms with Gasteiger partial charge in [-0.3, -0.25) is 4.90 Å². The molecule has 0 aliphatic carbocycles. The van der Waals surface area contributed by atoms with E-state index in [2.05, 4.69) is 24.0 Å². The summed E-state index contributed by atoms with van der Waals surface area (Å²) < 4.78 is 11.0. The minimum atomic E-state index is 0.509. The van der Waals surface area contributed by atoms with Crippen LogP contribution in [-0.4, -0.2) is 38.1 Å². The van der Waals surface area contributed by atoms with Gasteiger partial charge in [0.2, 0.25) is 0 Å². The number of hydrogen-bond acceptors (Lipinski definition) is 3. The van der Waals surface area contributed by atoms with E-state index in [9.17, 15) is 0 Å². The molecule has 0 bridgehead atoms. The Morgan fingerprint density at radius 1 is 1.17 bits per heavy atom. The van der Waals surface area contributed by atoms with Crippen LogP contribution in [0.2, 0.25) is 0 Å². The van der Waals surface area contributed by atoms with Crippen LogP contribution in [0.25, 0.3) is 0 Å². The molecule has 0 amide bonds. The second-order valence-corrected chi connectivity index (χ2v) is 7.19. The van der Waals surface area contributed by atoms with Crippen molar-refractivity contribution in [3.63, 3.8) is 0 Å². The van der Waals surface area contributed by atoms with Crippen LogP contribution in [-0.2, 0) is 6.42 Å². The summed E-state index contributed by atoms with van der Waals surface area (Å²) in [5.41, 5.74) is 2.85. The highest BCUT2D eigenvalue weighted by molar-refractivity contribution is 6.17. The molecular formula is C19H28ClNO2. The molecule has 1 fully saturated rings. The van der Waals surface area contributed by atoms with Gasteiger partial charge in [-0.15, -0.1) is 11.6 Å². The van der Waals surface area contributed by atoms with E-state index >= 15 is 0 Å². The van der Waals surface area contributed by atoms with Crippen LogP contribution in [0, 0.1) is 11.8 Å². The van der Waals surface area contributed by atoms with Gasteiger partial charge in [-0.25, -0.2) is 0 Å². The molecule has 3 rings (SSSR count). The molecule has 128 valence electrons. The van der Waals surface area contributed by atoms with E-state index in [-0.39, 0.29) is 0 Å². The quantitative estimate of drug-likeness (QED) is 0.749. The molecule has 0 spiro atoms. The lowest BCUT2D eigenvalue weighted by Crippen LogP contribution is -2.45. The largest absolute Gasteiger partial charge is 0.493 e. The molecule has 0 radical (unpaired) electrons.